The van der Waals surface area contributed by atoms with E-state index in [0.717, 1.165) is 20.8 Å². The summed E-state index contributed by atoms with van der Waals surface area (Å²) in [6, 6.07) is 0. The zero-order valence-electron chi connectivity index (χ0n) is 8.62. The summed E-state index contributed by atoms with van der Waals surface area (Å²) in [5, 5.41) is 0. The first kappa shape index (κ1) is 11.4. The first-order valence-corrected chi connectivity index (χ1v) is 4.39. The summed E-state index contributed by atoms with van der Waals surface area (Å²) in [6.07, 6.45) is 0. The van der Waals surface area contributed by atoms with Gasteiger partial charge in [-0.05, 0) is 20.8 Å². The Kier molecular flexibility index (Phi) is 2.43. The van der Waals surface area contributed by atoms with Gasteiger partial charge in [0, 0.05) is 0 Å². The third kappa shape index (κ3) is 1.12. The van der Waals surface area contributed by atoms with E-state index < -0.39 is 40.2 Å². The largest absolute Gasteiger partial charge is 0.299 e. The maximum absolute atomic E-state index is 11.5. The molecule has 0 N–H and O–H groups in total. The number of hydrogen-bond donors (Lipinski definition) is 0. The van der Waals surface area contributed by atoms with Crippen LogP contribution in [0.25, 0.3) is 0 Å². The number of hydrogen-bond acceptors (Lipinski definition) is 5. The van der Waals surface area contributed by atoms with Gasteiger partial charge in [0.15, 0.2) is 23.1 Å². The average Bonchev–Trinajstić information content (AvgIpc) is 2.01. The Hall–Kier alpha value is -1.65. The minimum Gasteiger partial charge on any atom is -0.299 e. The Morgan fingerprint density at radius 2 is 1.27 bits per heavy atom. The third-order valence-corrected chi connectivity index (χ3v) is 2.73. The molecule has 1 aliphatic rings. The molecule has 1 fully saturated rings. The van der Waals surface area contributed by atoms with Crippen molar-refractivity contribution >= 4 is 28.9 Å². The first-order chi connectivity index (χ1) is 6.77. The topological polar surface area (TPSA) is 85.3 Å². The Morgan fingerprint density at radius 3 is 1.47 bits per heavy atom. The van der Waals surface area contributed by atoms with Crippen molar-refractivity contribution in [3.8, 4) is 0 Å². The second kappa shape index (κ2) is 3.18. The minimum atomic E-state index is -2.18. The minimum absolute atomic E-state index is 0.622. The molecule has 0 radical (unpaired) electrons. The molecule has 0 saturated heterocycles. The highest BCUT2D eigenvalue weighted by atomic mass is 16.2. The lowest BCUT2D eigenvalue weighted by molar-refractivity contribution is -0.168. The van der Waals surface area contributed by atoms with Crippen LogP contribution in [0.3, 0.4) is 0 Å². The maximum Gasteiger partial charge on any atom is 0.205 e. The Bertz CT molecular complexity index is 372. The number of Topliss-reactive ketones (excluding diaryl/α,β-unsaturated/α-hetero) is 5. The van der Waals surface area contributed by atoms with Crippen LogP contribution in [0, 0.1) is 11.3 Å². The smallest absolute Gasteiger partial charge is 0.205 e. The van der Waals surface area contributed by atoms with E-state index in [9.17, 15) is 24.0 Å². The molecule has 1 saturated carbocycles. The van der Waals surface area contributed by atoms with Crippen molar-refractivity contribution in [3.05, 3.63) is 0 Å². The van der Waals surface area contributed by atoms with Gasteiger partial charge in [0.25, 0.3) is 0 Å². The lowest BCUT2D eigenvalue weighted by Crippen LogP contribution is -2.67. The van der Waals surface area contributed by atoms with Crippen LogP contribution >= 0.6 is 0 Å². The van der Waals surface area contributed by atoms with Crippen molar-refractivity contribution in [2.24, 2.45) is 11.3 Å². The summed E-state index contributed by atoms with van der Waals surface area (Å²) in [5.74, 6) is -5.40. The van der Waals surface area contributed by atoms with E-state index in [1.807, 2.05) is 0 Å². The average molecular weight is 210 g/mol. The van der Waals surface area contributed by atoms with Gasteiger partial charge in [-0.3, -0.25) is 24.0 Å². The fourth-order valence-corrected chi connectivity index (χ4v) is 1.91. The summed E-state index contributed by atoms with van der Waals surface area (Å²) in [7, 11) is 0. The predicted octanol–water partition coefficient (Wildman–Crippen LogP) is -0.492. The zero-order chi connectivity index (χ0) is 12.0. The number of carbonyl (C=O) groups is 5. The van der Waals surface area contributed by atoms with Gasteiger partial charge >= 0.3 is 0 Å². The third-order valence-electron chi connectivity index (χ3n) is 2.73. The molecular weight excluding hydrogens is 200 g/mol. The van der Waals surface area contributed by atoms with Crippen LogP contribution in [-0.4, -0.2) is 28.9 Å². The molecule has 5 nitrogen and oxygen atoms in total. The zero-order valence-corrected chi connectivity index (χ0v) is 8.62. The Balaban J connectivity index is 3.25. The summed E-state index contributed by atoms with van der Waals surface area (Å²) < 4.78 is 0. The fraction of sp³-hybridized carbons (Fsp3) is 0.500. The van der Waals surface area contributed by atoms with E-state index in [4.69, 9.17) is 0 Å². The fourth-order valence-electron chi connectivity index (χ4n) is 1.91. The van der Waals surface area contributed by atoms with Crippen molar-refractivity contribution in [3.63, 3.8) is 0 Å². The quantitative estimate of drug-likeness (QED) is 0.586. The van der Waals surface area contributed by atoms with Gasteiger partial charge in [0.05, 0.1) is 0 Å². The van der Waals surface area contributed by atoms with Crippen LogP contribution in [0.5, 0.6) is 0 Å². The summed E-state index contributed by atoms with van der Waals surface area (Å²) in [6.45, 7) is 3.10. The van der Waals surface area contributed by atoms with Gasteiger partial charge in [0.2, 0.25) is 5.41 Å². The summed E-state index contributed by atoms with van der Waals surface area (Å²) in [4.78, 5) is 56.4. The van der Waals surface area contributed by atoms with Crippen LogP contribution in [0.1, 0.15) is 20.8 Å². The highest BCUT2D eigenvalue weighted by molar-refractivity contribution is 6.53. The molecule has 1 rings (SSSR count). The van der Waals surface area contributed by atoms with Crippen LogP contribution in [0.2, 0.25) is 0 Å². The highest BCUT2D eigenvalue weighted by Crippen LogP contribution is 2.40. The molecule has 1 aliphatic carbocycles. The van der Waals surface area contributed by atoms with Crippen molar-refractivity contribution in [2.75, 3.05) is 0 Å². The van der Waals surface area contributed by atoms with Crippen LogP contribution in [-0.2, 0) is 24.0 Å². The van der Waals surface area contributed by atoms with E-state index in [-0.39, 0.29) is 0 Å². The Morgan fingerprint density at radius 1 is 0.933 bits per heavy atom. The van der Waals surface area contributed by atoms with Gasteiger partial charge in [-0.1, -0.05) is 0 Å². The normalized spacial score (nSPS) is 19.7. The summed E-state index contributed by atoms with van der Waals surface area (Å²) in [5.41, 5.74) is -2.18. The van der Waals surface area contributed by atoms with E-state index in [1.54, 1.807) is 0 Å². The van der Waals surface area contributed by atoms with E-state index in [0.29, 0.717) is 0 Å². The van der Waals surface area contributed by atoms with E-state index >= 15 is 0 Å². The second-order valence-corrected chi connectivity index (χ2v) is 3.63. The molecule has 0 spiro atoms. The SMILES string of the molecule is CC(=O)C1C(=O)C(C(C)=O)(C(C)=O)C1=O. The maximum atomic E-state index is 11.5. The summed E-state index contributed by atoms with van der Waals surface area (Å²) >= 11 is 0. The van der Waals surface area contributed by atoms with Crippen molar-refractivity contribution in [1.29, 1.82) is 0 Å². The molecule has 0 aromatic rings. The molecule has 15 heavy (non-hydrogen) atoms. The molecule has 5 heteroatoms. The molecule has 0 aromatic heterocycles. The van der Waals surface area contributed by atoms with Crippen molar-refractivity contribution < 1.29 is 24.0 Å². The highest BCUT2D eigenvalue weighted by Gasteiger charge is 2.69. The molecular formula is C10H10O5. The molecule has 0 amide bonds. The molecule has 0 heterocycles. The molecule has 0 bridgehead atoms. The molecule has 0 aromatic carbocycles. The standard InChI is InChI=1S/C10H10O5/c1-4(11)7-8(14)10(5(2)12,6(3)13)9(7)15/h7H,1-3H3. The first-order valence-electron chi connectivity index (χ1n) is 4.39. The lowest BCUT2D eigenvalue weighted by Gasteiger charge is -2.38. The number of carbonyl (C=O) groups excluding carboxylic acids is 5. The van der Waals surface area contributed by atoms with E-state index in [2.05, 4.69) is 0 Å². The van der Waals surface area contributed by atoms with E-state index in [1.165, 1.54) is 0 Å². The van der Waals surface area contributed by atoms with Gasteiger partial charge in [-0.2, -0.15) is 0 Å². The van der Waals surface area contributed by atoms with Gasteiger partial charge in [-0.25, -0.2) is 0 Å². The van der Waals surface area contributed by atoms with Gasteiger partial charge in [-0.15, -0.1) is 0 Å². The van der Waals surface area contributed by atoms with Gasteiger partial charge in [0.1, 0.15) is 11.7 Å². The molecule has 0 unspecified atom stereocenters. The lowest BCUT2D eigenvalue weighted by atomic mass is 9.55. The van der Waals surface area contributed by atoms with Crippen molar-refractivity contribution in [1.82, 2.24) is 0 Å². The van der Waals surface area contributed by atoms with Crippen LogP contribution in [0.4, 0.5) is 0 Å². The molecule has 0 aliphatic heterocycles. The van der Waals surface area contributed by atoms with Crippen LogP contribution < -0.4 is 0 Å². The number of rotatable bonds is 3. The molecule has 80 valence electrons. The predicted molar refractivity (Wildman–Crippen MR) is 48.0 cm³/mol. The van der Waals surface area contributed by atoms with Crippen molar-refractivity contribution in [2.45, 2.75) is 20.8 Å². The monoisotopic (exact) mass is 210 g/mol. The van der Waals surface area contributed by atoms with Gasteiger partial charge < -0.3 is 0 Å². The number of ketones is 5. The Labute approximate surface area is 85.8 Å². The second-order valence-electron chi connectivity index (χ2n) is 3.63. The molecule has 0 atom stereocenters. The van der Waals surface area contributed by atoms with Crippen LogP contribution in [0.15, 0.2) is 0 Å².